The Bertz CT molecular complexity index is 970. The number of nitrogens with zero attached hydrogens (tertiary/aromatic N) is 2. The molecule has 3 aromatic rings. The fourth-order valence-electron chi connectivity index (χ4n) is 2.50. The number of benzene rings is 2. The van der Waals surface area contributed by atoms with Gasteiger partial charge in [0.2, 0.25) is 0 Å². The third kappa shape index (κ3) is 4.10. The number of thioether (sulfide) groups is 1. The Morgan fingerprint density at radius 2 is 1.77 bits per heavy atom. The van der Waals surface area contributed by atoms with E-state index in [2.05, 4.69) is 11.1 Å². The predicted octanol–water partition coefficient (Wildman–Crippen LogP) is 5.68. The highest BCUT2D eigenvalue weighted by Gasteiger charge is 2.16. The number of ketones is 1. The topological polar surface area (TPSA) is 53.8 Å². The molecule has 0 radical (unpaired) electrons. The average molecular weight is 377 g/mol. The first-order valence-corrected chi connectivity index (χ1v) is 10.1. The summed E-state index contributed by atoms with van der Waals surface area (Å²) >= 11 is 2.93. The minimum Gasteiger partial charge on any atom is -0.294 e. The molecule has 0 unspecified atom stereocenters. The van der Waals surface area contributed by atoms with Crippen LogP contribution in [0, 0.1) is 11.3 Å². The summed E-state index contributed by atoms with van der Waals surface area (Å²) in [5, 5.41) is 12.4. The van der Waals surface area contributed by atoms with Gasteiger partial charge in [-0.15, -0.1) is 23.1 Å². The first kappa shape index (κ1) is 18.1. The molecule has 0 spiro atoms. The van der Waals surface area contributed by atoms with Crippen LogP contribution in [0.2, 0.25) is 0 Å². The summed E-state index contributed by atoms with van der Waals surface area (Å²) in [5.41, 5.74) is 2.77. The summed E-state index contributed by atoms with van der Waals surface area (Å²) in [6.45, 7) is 0. The lowest BCUT2D eigenvalue weighted by molar-refractivity contribution is 0.0995. The second-order valence-corrected chi connectivity index (χ2v) is 7.24. The van der Waals surface area contributed by atoms with Crippen molar-refractivity contribution in [3.05, 3.63) is 82.2 Å². The van der Waals surface area contributed by atoms with Crippen molar-refractivity contribution >= 4 is 34.5 Å². The fraction of sp³-hybridized carbons (Fsp3) is 0.0952. The number of hydrogen-bond donors (Lipinski definition) is 0. The maximum absolute atomic E-state index is 12.5. The van der Waals surface area contributed by atoms with Gasteiger partial charge in [-0.05, 0) is 6.26 Å². The molecular weight excluding hydrogens is 360 g/mol. The Hall–Kier alpha value is -2.68. The molecule has 0 bridgehead atoms. The van der Waals surface area contributed by atoms with Crippen LogP contribution in [0.1, 0.15) is 22.5 Å². The lowest BCUT2D eigenvalue weighted by Gasteiger charge is -2.06. The number of hydrogen-bond acceptors (Lipinski definition) is 5. The maximum atomic E-state index is 12.5. The Morgan fingerprint density at radius 3 is 2.38 bits per heavy atom. The van der Waals surface area contributed by atoms with Crippen LogP contribution in [0.15, 0.2) is 70.9 Å². The largest absolute Gasteiger partial charge is 0.294 e. The highest BCUT2D eigenvalue weighted by Crippen LogP contribution is 2.32. The van der Waals surface area contributed by atoms with Gasteiger partial charge >= 0.3 is 0 Å². The van der Waals surface area contributed by atoms with Crippen LogP contribution in [0.3, 0.4) is 0 Å². The molecular formula is C21H16N2OS2. The summed E-state index contributed by atoms with van der Waals surface area (Å²) in [7, 11) is 0. The number of Topliss-reactive ketones (excluding diaryl/α,β-unsaturated/α-hetero) is 1. The van der Waals surface area contributed by atoms with Gasteiger partial charge in [0.05, 0.1) is 11.3 Å². The summed E-state index contributed by atoms with van der Waals surface area (Å²) in [5.74, 6) is 0.00112. The molecule has 0 amide bonds. The van der Waals surface area contributed by atoms with Gasteiger partial charge < -0.3 is 0 Å². The van der Waals surface area contributed by atoms with Crippen molar-refractivity contribution < 1.29 is 4.79 Å². The van der Waals surface area contributed by atoms with Crippen LogP contribution >= 0.6 is 23.1 Å². The molecule has 3 rings (SSSR count). The van der Waals surface area contributed by atoms with Gasteiger partial charge in [0.15, 0.2) is 5.78 Å². The number of carbonyl (C=O) groups is 1. The van der Waals surface area contributed by atoms with E-state index in [0.717, 1.165) is 15.5 Å². The molecule has 1 aromatic heterocycles. The minimum atomic E-state index is 0.00112. The first-order valence-electron chi connectivity index (χ1n) is 7.99. The molecule has 0 saturated carbocycles. The molecule has 2 aromatic carbocycles. The second-order valence-electron chi connectivity index (χ2n) is 5.48. The normalized spacial score (nSPS) is 11.5. The lowest BCUT2D eigenvalue weighted by atomic mass is 10.1. The molecule has 128 valence electrons. The van der Waals surface area contributed by atoms with Crippen LogP contribution in [0.5, 0.6) is 0 Å². The van der Waals surface area contributed by atoms with E-state index in [1.54, 1.807) is 12.1 Å². The molecule has 0 aliphatic rings. The van der Waals surface area contributed by atoms with Gasteiger partial charge in [-0.25, -0.2) is 4.98 Å². The van der Waals surface area contributed by atoms with E-state index >= 15 is 0 Å². The molecule has 0 aliphatic heterocycles. The maximum Gasteiger partial charge on any atom is 0.167 e. The standard InChI is InChI=1S/C21H16N2OS2/c1-25-20(12-19(24)15-8-4-2-5-9-15)17(13-22)18-14-26-21(23-18)16-10-6-3-7-11-16/h2-11,14H,12H2,1H3/b20-17+. The molecule has 0 atom stereocenters. The van der Waals surface area contributed by atoms with Gasteiger partial charge in [0.25, 0.3) is 0 Å². The zero-order valence-electron chi connectivity index (χ0n) is 14.2. The third-order valence-electron chi connectivity index (χ3n) is 3.83. The molecule has 0 saturated heterocycles. The number of aromatic nitrogens is 1. The predicted molar refractivity (Wildman–Crippen MR) is 109 cm³/mol. The number of thiazole rings is 1. The van der Waals surface area contributed by atoms with Crippen molar-refractivity contribution in [1.82, 2.24) is 4.98 Å². The Balaban J connectivity index is 1.91. The molecule has 0 aliphatic carbocycles. The zero-order chi connectivity index (χ0) is 18.4. The van der Waals surface area contributed by atoms with E-state index in [1.807, 2.05) is 60.2 Å². The van der Waals surface area contributed by atoms with Crippen LogP contribution in [-0.4, -0.2) is 17.0 Å². The SMILES string of the molecule is CS/C(CC(=O)c1ccccc1)=C(\C#N)c1csc(-c2ccccc2)n1. The molecule has 26 heavy (non-hydrogen) atoms. The Morgan fingerprint density at radius 1 is 1.12 bits per heavy atom. The smallest absolute Gasteiger partial charge is 0.167 e. The van der Waals surface area contributed by atoms with E-state index in [9.17, 15) is 10.1 Å². The van der Waals surface area contributed by atoms with E-state index in [0.29, 0.717) is 16.8 Å². The van der Waals surface area contributed by atoms with Crippen molar-refractivity contribution in [2.75, 3.05) is 6.26 Å². The Kier molecular flexibility index (Phi) is 6.00. The van der Waals surface area contributed by atoms with Gasteiger partial charge in [0.1, 0.15) is 11.1 Å². The zero-order valence-corrected chi connectivity index (χ0v) is 15.8. The quantitative estimate of drug-likeness (QED) is 0.410. The molecule has 3 nitrogen and oxygen atoms in total. The van der Waals surface area contributed by atoms with Gasteiger partial charge in [-0.3, -0.25) is 4.79 Å². The van der Waals surface area contributed by atoms with Crippen molar-refractivity contribution in [2.45, 2.75) is 6.42 Å². The third-order valence-corrected chi connectivity index (χ3v) is 5.57. The van der Waals surface area contributed by atoms with Gasteiger partial charge in [-0.2, -0.15) is 5.26 Å². The second kappa shape index (κ2) is 8.61. The molecule has 1 heterocycles. The van der Waals surface area contributed by atoms with Crippen molar-refractivity contribution in [3.63, 3.8) is 0 Å². The molecule has 0 N–H and O–H groups in total. The molecule has 5 heteroatoms. The van der Waals surface area contributed by atoms with Crippen LogP contribution < -0.4 is 0 Å². The summed E-state index contributed by atoms with van der Waals surface area (Å²) in [6, 6.07) is 21.3. The molecule has 0 fully saturated rings. The number of nitriles is 1. The number of allylic oxidation sites excluding steroid dienone is 2. The highest BCUT2D eigenvalue weighted by molar-refractivity contribution is 8.02. The monoisotopic (exact) mass is 376 g/mol. The van der Waals surface area contributed by atoms with E-state index in [4.69, 9.17) is 0 Å². The van der Waals surface area contributed by atoms with Crippen molar-refractivity contribution in [1.29, 1.82) is 5.26 Å². The average Bonchev–Trinajstić information content (AvgIpc) is 3.19. The number of rotatable bonds is 6. The highest BCUT2D eigenvalue weighted by atomic mass is 32.2. The summed E-state index contributed by atoms with van der Waals surface area (Å²) in [4.78, 5) is 17.9. The van der Waals surface area contributed by atoms with E-state index < -0.39 is 0 Å². The summed E-state index contributed by atoms with van der Waals surface area (Å²) < 4.78 is 0. The summed E-state index contributed by atoms with van der Waals surface area (Å²) in [6.07, 6.45) is 2.09. The lowest BCUT2D eigenvalue weighted by Crippen LogP contribution is -2.01. The Labute approximate surface area is 161 Å². The van der Waals surface area contributed by atoms with Crippen molar-refractivity contribution in [3.8, 4) is 16.6 Å². The van der Waals surface area contributed by atoms with Crippen LogP contribution in [-0.2, 0) is 0 Å². The van der Waals surface area contributed by atoms with Gasteiger partial charge in [-0.1, -0.05) is 60.7 Å². The van der Waals surface area contributed by atoms with Crippen molar-refractivity contribution in [2.24, 2.45) is 0 Å². The van der Waals surface area contributed by atoms with E-state index in [-0.39, 0.29) is 12.2 Å². The minimum absolute atomic E-state index is 0.00112. The first-order chi connectivity index (χ1) is 12.7. The van der Waals surface area contributed by atoms with Crippen LogP contribution in [0.4, 0.5) is 0 Å². The van der Waals surface area contributed by atoms with Crippen LogP contribution in [0.25, 0.3) is 16.1 Å². The van der Waals surface area contributed by atoms with Gasteiger partial charge in [0, 0.05) is 27.8 Å². The van der Waals surface area contributed by atoms with E-state index in [1.165, 1.54) is 23.1 Å². The fourth-order valence-corrected chi connectivity index (χ4v) is 3.95. The number of carbonyl (C=O) groups excluding carboxylic acids is 1.